The minimum Gasteiger partial charge on any atom is -0.433 e. The normalized spacial score (nSPS) is 19.0. The predicted molar refractivity (Wildman–Crippen MR) is 50.7 cm³/mol. The lowest BCUT2D eigenvalue weighted by atomic mass is 10.1. The number of aromatic nitrogens is 1. The first-order valence-corrected chi connectivity index (χ1v) is 4.88. The molecule has 1 aliphatic carbocycles. The molecule has 13 heavy (non-hydrogen) atoms. The molecule has 1 heterocycles. The van der Waals surface area contributed by atoms with Crippen LogP contribution in [-0.2, 0) is 6.42 Å². The second-order valence-electron chi connectivity index (χ2n) is 3.84. The van der Waals surface area contributed by atoms with Crippen LogP contribution >= 0.6 is 11.6 Å². The Morgan fingerprint density at radius 1 is 1.62 bits per heavy atom. The molecule has 1 saturated carbocycles. The molecule has 0 saturated heterocycles. The molecule has 0 aromatic carbocycles. The van der Waals surface area contributed by atoms with Gasteiger partial charge in [-0.25, -0.2) is 4.98 Å². The molecular formula is C9H13ClN2O. The zero-order valence-electron chi connectivity index (χ0n) is 7.64. The topological polar surface area (TPSA) is 52.0 Å². The van der Waals surface area contributed by atoms with Gasteiger partial charge in [-0.3, -0.25) is 0 Å². The third kappa shape index (κ3) is 2.03. The number of oxazole rings is 1. The van der Waals surface area contributed by atoms with Crippen molar-refractivity contribution in [3.63, 3.8) is 0 Å². The molecule has 0 spiro atoms. The van der Waals surface area contributed by atoms with E-state index in [1.807, 2.05) is 6.92 Å². The molecule has 0 radical (unpaired) electrons. The van der Waals surface area contributed by atoms with Gasteiger partial charge in [-0.05, 0) is 37.8 Å². The standard InChI is InChI=1S/C9H13ClN2O/c1-6-7(13-8(10)12-6)2-3-9(11)4-5-9/h2-5,11H2,1H3. The van der Waals surface area contributed by atoms with Gasteiger partial charge in [-0.2, -0.15) is 0 Å². The Balaban J connectivity index is 1.97. The molecule has 3 nitrogen and oxygen atoms in total. The van der Waals surface area contributed by atoms with Crippen molar-refractivity contribution in [1.82, 2.24) is 4.98 Å². The number of hydrogen-bond donors (Lipinski definition) is 1. The molecular weight excluding hydrogens is 188 g/mol. The molecule has 1 aromatic rings. The van der Waals surface area contributed by atoms with Crippen molar-refractivity contribution < 1.29 is 4.42 Å². The molecule has 1 fully saturated rings. The van der Waals surface area contributed by atoms with Crippen LogP contribution < -0.4 is 5.73 Å². The zero-order valence-corrected chi connectivity index (χ0v) is 8.40. The van der Waals surface area contributed by atoms with Gasteiger partial charge < -0.3 is 10.2 Å². The van der Waals surface area contributed by atoms with Crippen LogP contribution in [0.25, 0.3) is 0 Å². The summed E-state index contributed by atoms with van der Waals surface area (Å²) in [5, 5.41) is 0.231. The van der Waals surface area contributed by atoms with Crippen LogP contribution in [0.15, 0.2) is 4.42 Å². The summed E-state index contributed by atoms with van der Waals surface area (Å²) in [6, 6.07) is 0. The summed E-state index contributed by atoms with van der Waals surface area (Å²) in [6.45, 7) is 1.90. The highest BCUT2D eigenvalue weighted by molar-refractivity contribution is 6.27. The first-order valence-electron chi connectivity index (χ1n) is 4.50. The van der Waals surface area contributed by atoms with E-state index >= 15 is 0 Å². The fraction of sp³-hybridized carbons (Fsp3) is 0.667. The van der Waals surface area contributed by atoms with Crippen LogP contribution in [0.2, 0.25) is 5.35 Å². The SMILES string of the molecule is Cc1nc(Cl)oc1CCC1(N)CC1. The van der Waals surface area contributed by atoms with Crippen molar-refractivity contribution in [2.75, 3.05) is 0 Å². The number of halogens is 1. The summed E-state index contributed by atoms with van der Waals surface area (Å²) < 4.78 is 5.24. The van der Waals surface area contributed by atoms with E-state index in [-0.39, 0.29) is 10.9 Å². The minimum atomic E-state index is 0.0751. The van der Waals surface area contributed by atoms with E-state index in [2.05, 4.69) is 4.98 Å². The lowest BCUT2D eigenvalue weighted by Gasteiger charge is -2.05. The summed E-state index contributed by atoms with van der Waals surface area (Å²) in [5.74, 6) is 0.877. The van der Waals surface area contributed by atoms with Gasteiger partial charge in [0.05, 0.1) is 5.69 Å². The second kappa shape index (κ2) is 3.00. The first kappa shape index (κ1) is 9.03. The summed E-state index contributed by atoms with van der Waals surface area (Å²) in [5.41, 5.74) is 6.91. The maximum atomic E-state index is 5.96. The summed E-state index contributed by atoms with van der Waals surface area (Å²) in [7, 11) is 0. The highest BCUT2D eigenvalue weighted by atomic mass is 35.5. The van der Waals surface area contributed by atoms with Gasteiger partial charge in [0.2, 0.25) is 0 Å². The van der Waals surface area contributed by atoms with E-state index in [4.69, 9.17) is 21.8 Å². The molecule has 2 N–H and O–H groups in total. The minimum absolute atomic E-state index is 0.0751. The summed E-state index contributed by atoms with van der Waals surface area (Å²) in [6.07, 6.45) is 4.09. The lowest BCUT2D eigenvalue weighted by Crippen LogP contribution is -2.22. The van der Waals surface area contributed by atoms with Crippen molar-refractivity contribution in [3.05, 3.63) is 16.8 Å². The summed E-state index contributed by atoms with van der Waals surface area (Å²) in [4.78, 5) is 3.99. The van der Waals surface area contributed by atoms with Crippen LogP contribution in [0.3, 0.4) is 0 Å². The third-order valence-corrected chi connectivity index (χ3v) is 2.77. The highest BCUT2D eigenvalue weighted by Crippen LogP contribution is 2.36. The molecule has 4 heteroatoms. The van der Waals surface area contributed by atoms with E-state index in [9.17, 15) is 0 Å². The largest absolute Gasteiger partial charge is 0.433 e. The number of hydrogen-bond acceptors (Lipinski definition) is 3. The van der Waals surface area contributed by atoms with Gasteiger partial charge in [0.15, 0.2) is 0 Å². The van der Waals surface area contributed by atoms with Crippen molar-refractivity contribution in [1.29, 1.82) is 0 Å². The van der Waals surface area contributed by atoms with Gasteiger partial charge in [-0.15, -0.1) is 0 Å². The average molecular weight is 201 g/mol. The second-order valence-corrected chi connectivity index (χ2v) is 4.16. The molecule has 0 unspecified atom stereocenters. The van der Waals surface area contributed by atoms with Gasteiger partial charge >= 0.3 is 0 Å². The van der Waals surface area contributed by atoms with Crippen LogP contribution in [0, 0.1) is 6.92 Å². The van der Waals surface area contributed by atoms with Gasteiger partial charge in [0, 0.05) is 12.0 Å². The van der Waals surface area contributed by atoms with Crippen molar-refractivity contribution in [2.45, 2.75) is 38.1 Å². The van der Waals surface area contributed by atoms with Crippen molar-refractivity contribution in [3.8, 4) is 0 Å². The van der Waals surface area contributed by atoms with Crippen LogP contribution in [0.5, 0.6) is 0 Å². The molecule has 0 atom stereocenters. The Labute approximate surface area is 82.3 Å². The Bertz CT molecular complexity index is 317. The van der Waals surface area contributed by atoms with Crippen molar-refractivity contribution >= 4 is 11.6 Å². The van der Waals surface area contributed by atoms with Crippen LogP contribution in [0.4, 0.5) is 0 Å². The van der Waals surface area contributed by atoms with Crippen molar-refractivity contribution in [2.24, 2.45) is 5.73 Å². The quantitative estimate of drug-likeness (QED) is 0.813. The first-order chi connectivity index (χ1) is 6.09. The molecule has 2 rings (SSSR count). The Kier molecular flexibility index (Phi) is 2.08. The monoisotopic (exact) mass is 200 g/mol. The Hall–Kier alpha value is -0.540. The molecule has 72 valence electrons. The van der Waals surface area contributed by atoms with E-state index in [0.717, 1.165) is 37.1 Å². The molecule has 0 aliphatic heterocycles. The van der Waals surface area contributed by atoms with Gasteiger partial charge in [-0.1, -0.05) is 0 Å². The molecule has 1 aromatic heterocycles. The molecule has 1 aliphatic rings. The summed E-state index contributed by atoms with van der Waals surface area (Å²) >= 11 is 5.62. The van der Waals surface area contributed by atoms with E-state index in [0.29, 0.717) is 0 Å². The van der Waals surface area contributed by atoms with E-state index < -0.39 is 0 Å². The maximum absolute atomic E-state index is 5.96. The fourth-order valence-corrected chi connectivity index (χ4v) is 1.62. The maximum Gasteiger partial charge on any atom is 0.292 e. The number of rotatable bonds is 3. The van der Waals surface area contributed by atoms with E-state index in [1.165, 1.54) is 0 Å². The number of nitrogens with zero attached hydrogens (tertiary/aromatic N) is 1. The molecule has 0 bridgehead atoms. The van der Waals surface area contributed by atoms with Gasteiger partial charge in [0.1, 0.15) is 5.76 Å². The predicted octanol–water partition coefficient (Wildman–Crippen LogP) is 2.06. The fourth-order valence-electron chi connectivity index (χ4n) is 1.40. The highest BCUT2D eigenvalue weighted by Gasteiger charge is 2.37. The zero-order chi connectivity index (χ0) is 9.47. The van der Waals surface area contributed by atoms with Gasteiger partial charge in [0.25, 0.3) is 5.35 Å². The lowest BCUT2D eigenvalue weighted by molar-refractivity contribution is 0.477. The average Bonchev–Trinajstić information content (AvgIpc) is 2.69. The van der Waals surface area contributed by atoms with Crippen LogP contribution in [-0.4, -0.2) is 10.5 Å². The smallest absolute Gasteiger partial charge is 0.292 e. The Morgan fingerprint density at radius 3 is 2.77 bits per heavy atom. The Morgan fingerprint density at radius 2 is 2.31 bits per heavy atom. The number of aryl methyl sites for hydroxylation is 2. The third-order valence-electron chi connectivity index (χ3n) is 2.61. The van der Waals surface area contributed by atoms with E-state index in [1.54, 1.807) is 0 Å². The van der Waals surface area contributed by atoms with Crippen LogP contribution in [0.1, 0.15) is 30.7 Å². The molecule has 0 amide bonds. The number of nitrogens with two attached hydrogens (primary N) is 1.